The summed E-state index contributed by atoms with van der Waals surface area (Å²) in [5, 5.41) is 7.83. The van der Waals surface area contributed by atoms with Crippen molar-refractivity contribution < 1.29 is 9.59 Å². The number of nitrogens with one attached hydrogen (secondary N) is 1. The smallest absolute Gasteiger partial charge is 0.252 e. The quantitative estimate of drug-likeness (QED) is 0.415. The summed E-state index contributed by atoms with van der Waals surface area (Å²) in [6, 6.07) is 26.4. The number of carbonyl (C=O) groups excluding carboxylic acids is 2. The molecule has 0 radical (unpaired) electrons. The number of pyridine rings is 1. The third-order valence-electron chi connectivity index (χ3n) is 5.83. The lowest BCUT2D eigenvalue weighted by atomic mass is 9.92. The van der Waals surface area contributed by atoms with Gasteiger partial charge in [0.15, 0.2) is 0 Å². The monoisotopic (exact) mass is 419 g/mol. The second-order valence-electron chi connectivity index (χ2n) is 7.81. The predicted octanol–water partition coefficient (Wildman–Crippen LogP) is 4.37. The molecular formula is C27H21N3O2. The van der Waals surface area contributed by atoms with Crippen LogP contribution in [0.1, 0.15) is 15.9 Å². The lowest BCUT2D eigenvalue weighted by molar-refractivity contribution is -0.119. The van der Waals surface area contributed by atoms with Gasteiger partial charge in [-0.25, -0.2) is 0 Å². The number of nitrogens with two attached hydrogens (primary N) is 1. The number of hydrogen-bond acceptors (Lipinski definition) is 3. The van der Waals surface area contributed by atoms with Crippen LogP contribution in [-0.4, -0.2) is 22.8 Å². The highest BCUT2D eigenvalue weighted by molar-refractivity contribution is 6.07. The van der Waals surface area contributed by atoms with Gasteiger partial charge in [0, 0.05) is 18.0 Å². The van der Waals surface area contributed by atoms with E-state index in [2.05, 4.69) is 16.4 Å². The maximum Gasteiger partial charge on any atom is 0.252 e. The van der Waals surface area contributed by atoms with Crippen molar-refractivity contribution in [3.05, 3.63) is 102 Å². The Morgan fingerprint density at radius 3 is 2.06 bits per heavy atom. The van der Waals surface area contributed by atoms with E-state index in [0.29, 0.717) is 12.0 Å². The number of fused-ring (bicyclic) bond motifs is 3. The number of benzene rings is 4. The minimum absolute atomic E-state index is 0.298. The van der Waals surface area contributed by atoms with Crippen LogP contribution < -0.4 is 11.1 Å². The Balaban J connectivity index is 1.55. The number of amides is 2. The third-order valence-corrected chi connectivity index (χ3v) is 5.83. The number of hydrogen-bond donors (Lipinski definition) is 2. The van der Waals surface area contributed by atoms with Gasteiger partial charge >= 0.3 is 0 Å². The van der Waals surface area contributed by atoms with E-state index in [0.717, 1.165) is 38.0 Å². The summed E-state index contributed by atoms with van der Waals surface area (Å²) in [6.07, 6.45) is 1.89. The highest BCUT2D eigenvalue weighted by atomic mass is 16.2. The van der Waals surface area contributed by atoms with E-state index in [1.165, 1.54) is 0 Å². The zero-order valence-corrected chi connectivity index (χ0v) is 17.3. The first-order valence-electron chi connectivity index (χ1n) is 10.4. The molecule has 1 heterocycles. The van der Waals surface area contributed by atoms with Crippen LogP contribution in [0.5, 0.6) is 0 Å². The molecule has 32 heavy (non-hydrogen) atoms. The number of rotatable bonds is 5. The van der Waals surface area contributed by atoms with Crippen LogP contribution in [0, 0.1) is 0 Å². The summed E-state index contributed by atoms with van der Waals surface area (Å²) < 4.78 is 0. The van der Waals surface area contributed by atoms with Gasteiger partial charge in [0.2, 0.25) is 5.91 Å². The number of carbonyl (C=O) groups is 2. The molecule has 0 aliphatic carbocycles. The van der Waals surface area contributed by atoms with E-state index in [4.69, 9.17) is 5.73 Å². The Kier molecular flexibility index (Phi) is 5.00. The molecular weight excluding hydrogens is 398 g/mol. The second-order valence-corrected chi connectivity index (χ2v) is 7.81. The topological polar surface area (TPSA) is 85.1 Å². The highest BCUT2D eigenvalue weighted by Crippen LogP contribution is 2.29. The Bertz CT molecular complexity index is 1430. The van der Waals surface area contributed by atoms with Crippen LogP contribution in [0.25, 0.3) is 32.4 Å². The van der Waals surface area contributed by atoms with Gasteiger partial charge in [-0.2, -0.15) is 0 Å². The van der Waals surface area contributed by atoms with E-state index >= 15 is 0 Å². The lowest BCUT2D eigenvalue weighted by Gasteiger charge is -2.19. The lowest BCUT2D eigenvalue weighted by Crippen LogP contribution is -2.46. The van der Waals surface area contributed by atoms with Gasteiger partial charge in [-0.1, -0.05) is 66.7 Å². The van der Waals surface area contributed by atoms with Crippen LogP contribution in [-0.2, 0) is 11.2 Å². The fourth-order valence-electron chi connectivity index (χ4n) is 4.28. The number of nitrogens with zero attached hydrogens (tertiary/aromatic N) is 1. The van der Waals surface area contributed by atoms with Crippen LogP contribution >= 0.6 is 0 Å². The number of para-hydroxylation sites is 1. The fourth-order valence-corrected chi connectivity index (χ4v) is 4.28. The van der Waals surface area contributed by atoms with Gasteiger partial charge in [-0.3, -0.25) is 14.6 Å². The summed E-state index contributed by atoms with van der Waals surface area (Å²) in [5.41, 5.74) is 7.91. The Morgan fingerprint density at radius 1 is 0.812 bits per heavy atom. The van der Waals surface area contributed by atoms with Crippen molar-refractivity contribution in [2.45, 2.75) is 12.5 Å². The molecule has 0 fully saturated rings. The zero-order chi connectivity index (χ0) is 22.1. The van der Waals surface area contributed by atoms with Crippen LogP contribution in [0.3, 0.4) is 0 Å². The molecule has 0 saturated carbocycles. The Hall–Kier alpha value is -4.25. The molecule has 0 spiro atoms. The average molecular weight is 419 g/mol. The minimum Gasteiger partial charge on any atom is -0.368 e. The molecule has 0 saturated heterocycles. The molecule has 156 valence electrons. The van der Waals surface area contributed by atoms with Gasteiger partial charge in [-0.05, 0) is 45.3 Å². The van der Waals surface area contributed by atoms with Crippen LogP contribution in [0.2, 0.25) is 0 Å². The largest absolute Gasteiger partial charge is 0.368 e. The Labute approximate surface area is 184 Å². The first kappa shape index (κ1) is 19.7. The second kappa shape index (κ2) is 8.12. The van der Waals surface area contributed by atoms with Gasteiger partial charge in [0.1, 0.15) is 6.04 Å². The summed E-state index contributed by atoms with van der Waals surface area (Å²) in [6.45, 7) is 0. The molecule has 3 N–H and O–H groups in total. The van der Waals surface area contributed by atoms with Crippen LogP contribution in [0.4, 0.5) is 0 Å². The molecule has 5 aromatic rings. The van der Waals surface area contributed by atoms with Crippen molar-refractivity contribution in [1.29, 1.82) is 0 Å². The van der Waals surface area contributed by atoms with Crippen molar-refractivity contribution in [2.24, 2.45) is 5.73 Å². The standard InChI is InChI=1S/C27H21N3O2/c28-26(31)25(30-27(32)22-13-14-29-24-12-6-5-11-21(22)24)16-23-19-9-3-1-7-17(19)15-18-8-2-4-10-20(18)23/h1-15,25H,16H2,(H2,28,31)(H,30,32)/t25-/m1/s1. The molecule has 0 aliphatic rings. The number of primary amides is 1. The number of aromatic nitrogens is 1. The van der Waals surface area contributed by atoms with Gasteiger partial charge in [-0.15, -0.1) is 0 Å². The molecule has 0 unspecified atom stereocenters. The Morgan fingerprint density at radius 2 is 1.41 bits per heavy atom. The van der Waals surface area contributed by atoms with Crippen molar-refractivity contribution in [3.8, 4) is 0 Å². The summed E-state index contributed by atoms with van der Waals surface area (Å²) in [4.78, 5) is 29.8. The van der Waals surface area contributed by atoms with Crippen molar-refractivity contribution in [1.82, 2.24) is 10.3 Å². The molecule has 1 atom stereocenters. The molecule has 1 aromatic heterocycles. The SMILES string of the molecule is NC(=O)[C@@H](Cc1c2ccccc2cc2ccccc12)NC(=O)c1ccnc2ccccc12. The minimum atomic E-state index is -0.858. The van der Waals surface area contributed by atoms with Crippen LogP contribution in [0.15, 0.2) is 91.1 Å². The average Bonchev–Trinajstić information content (AvgIpc) is 2.82. The summed E-state index contributed by atoms with van der Waals surface area (Å²) in [5.74, 6) is -0.925. The first-order chi connectivity index (χ1) is 15.6. The van der Waals surface area contributed by atoms with E-state index in [9.17, 15) is 9.59 Å². The normalized spacial score (nSPS) is 12.1. The third kappa shape index (κ3) is 3.54. The van der Waals surface area contributed by atoms with E-state index in [1.54, 1.807) is 12.3 Å². The zero-order valence-electron chi connectivity index (χ0n) is 17.3. The molecule has 5 heteroatoms. The molecule has 0 bridgehead atoms. The molecule has 2 amide bonds. The van der Waals surface area contributed by atoms with Gasteiger partial charge in [0.25, 0.3) is 5.91 Å². The van der Waals surface area contributed by atoms with Gasteiger partial charge < -0.3 is 11.1 Å². The van der Waals surface area contributed by atoms with Crippen molar-refractivity contribution >= 4 is 44.3 Å². The highest BCUT2D eigenvalue weighted by Gasteiger charge is 2.22. The van der Waals surface area contributed by atoms with Crippen molar-refractivity contribution in [2.75, 3.05) is 0 Å². The van der Waals surface area contributed by atoms with Crippen molar-refractivity contribution in [3.63, 3.8) is 0 Å². The molecule has 5 nitrogen and oxygen atoms in total. The molecule has 0 aliphatic heterocycles. The summed E-state index contributed by atoms with van der Waals surface area (Å²) >= 11 is 0. The molecule has 5 rings (SSSR count). The maximum absolute atomic E-state index is 13.1. The van der Waals surface area contributed by atoms with E-state index in [-0.39, 0.29) is 5.91 Å². The maximum atomic E-state index is 13.1. The molecule has 4 aromatic carbocycles. The predicted molar refractivity (Wildman–Crippen MR) is 127 cm³/mol. The van der Waals surface area contributed by atoms with E-state index < -0.39 is 11.9 Å². The fraction of sp³-hybridized carbons (Fsp3) is 0.0741. The van der Waals surface area contributed by atoms with Gasteiger partial charge in [0.05, 0.1) is 11.1 Å². The first-order valence-corrected chi connectivity index (χ1v) is 10.4. The van der Waals surface area contributed by atoms with E-state index in [1.807, 2.05) is 72.8 Å². The summed E-state index contributed by atoms with van der Waals surface area (Å²) in [7, 11) is 0.